The first-order valence-electron chi connectivity index (χ1n) is 10.3. The van der Waals surface area contributed by atoms with Crippen LogP contribution in [0.4, 0.5) is 0 Å². The summed E-state index contributed by atoms with van der Waals surface area (Å²) in [6.45, 7) is 13.4. The highest BCUT2D eigenvalue weighted by Gasteiger charge is 2.52. The number of hydrogen-bond donors (Lipinski definition) is 0. The molecule has 1 saturated heterocycles. The summed E-state index contributed by atoms with van der Waals surface area (Å²) >= 11 is 0. The van der Waals surface area contributed by atoms with Gasteiger partial charge in [0.1, 0.15) is 0 Å². The molecule has 1 aliphatic rings. The first-order chi connectivity index (χ1) is 13.1. The second-order valence-electron chi connectivity index (χ2n) is 9.47. The van der Waals surface area contributed by atoms with E-state index in [9.17, 15) is 0 Å². The van der Waals surface area contributed by atoms with Gasteiger partial charge in [-0.2, -0.15) is 0 Å². The lowest BCUT2D eigenvalue weighted by molar-refractivity contribution is 0.00578. The lowest BCUT2D eigenvalue weighted by Gasteiger charge is -2.32. The molecule has 148 valence electrons. The van der Waals surface area contributed by atoms with E-state index < -0.39 is 8.07 Å². The Kier molecular flexibility index (Phi) is 6.04. The number of rotatable bonds is 6. The molecule has 0 atom stereocenters. The molecule has 1 aliphatic heterocycles. The Balaban J connectivity index is 1.85. The minimum Gasteiger partial charge on any atom is -0.400 e. The molecule has 28 heavy (non-hydrogen) atoms. The summed E-state index contributed by atoms with van der Waals surface area (Å²) < 4.78 is 12.8. The van der Waals surface area contributed by atoms with Crippen LogP contribution in [0.25, 0.3) is 6.08 Å². The zero-order valence-corrected chi connectivity index (χ0v) is 19.2. The van der Waals surface area contributed by atoms with Crippen LogP contribution in [0.5, 0.6) is 0 Å². The first kappa shape index (κ1) is 21.1. The van der Waals surface area contributed by atoms with Crippen LogP contribution >= 0.6 is 0 Å². The molecule has 0 radical (unpaired) electrons. The van der Waals surface area contributed by atoms with E-state index in [4.69, 9.17) is 9.31 Å². The number of allylic oxidation sites excluding steroid dienone is 1. The first-order valence-corrected chi connectivity index (χ1v) is 13.5. The fraction of sp³-hybridized carbons (Fsp3) is 0.417. The van der Waals surface area contributed by atoms with Crippen LogP contribution in [-0.4, -0.2) is 26.4 Å². The van der Waals surface area contributed by atoms with Gasteiger partial charge in [0.05, 0.1) is 19.3 Å². The molecular formula is C24H33BO2Si. The molecule has 0 saturated carbocycles. The summed E-state index contributed by atoms with van der Waals surface area (Å²) in [5.74, 6) is 0. The number of hydrogen-bond acceptors (Lipinski definition) is 2. The van der Waals surface area contributed by atoms with E-state index in [-0.39, 0.29) is 18.3 Å². The maximum atomic E-state index is 6.39. The summed E-state index contributed by atoms with van der Waals surface area (Å²) in [5.41, 5.74) is 1.80. The second-order valence-corrected chi connectivity index (χ2v) is 14.3. The van der Waals surface area contributed by atoms with Crippen molar-refractivity contribution in [3.8, 4) is 0 Å². The largest absolute Gasteiger partial charge is 0.490 e. The highest BCUT2D eigenvalue weighted by molar-refractivity contribution is 6.89. The predicted octanol–water partition coefficient (Wildman–Crippen LogP) is 5.71. The van der Waals surface area contributed by atoms with Gasteiger partial charge in [-0.3, -0.25) is 0 Å². The fourth-order valence-corrected chi connectivity index (χ4v) is 5.80. The highest BCUT2D eigenvalue weighted by Crippen LogP contribution is 2.40. The summed E-state index contributed by atoms with van der Waals surface area (Å²) in [6.07, 6.45) is 3.25. The summed E-state index contributed by atoms with van der Waals surface area (Å²) in [6, 6.07) is 22.6. The molecule has 0 N–H and O–H groups in total. The van der Waals surface area contributed by atoms with Crippen molar-refractivity contribution in [2.24, 2.45) is 0 Å². The van der Waals surface area contributed by atoms with Gasteiger partial charge in [0.15, 0.2) is 0 Å². The second kappa shape index (κ2) is 8.02. The third-order valence-corrected chi connectivity index (χ3v) is 9.70. The molecule has 2 nitrogen and oxygen atoms in total. The minimum absolute atomic E-state index is 0.286. The normalized spacial score (nSPS) is 19.1. The quantitative estimate of drug-likeness (QED) is 0.587. The fourth-order valence-electron chi connectivity index (χ4n) is 3.51. The van der Waals surface area contributed by atoms with Crippen LogP contribution in [0.1, 0.15) is 39.7 Å². The lowest BCUT2D eigenvalue weighted by Crippen LogP contribution is -2.41. The molecule has 0 aromatic heterocycles. The third kappa shape index (κ3) is 4.68. The van der Waals surface area contributed by atoms with Crippen molar-refractivity contribution in [3.63, 3.8) is 0 Å². The summed E-state index contributed by atoms with van der Waals surface area (Å²) in [5, 5.41) is 1.50. The van der Waals surface area contributed by atoms with Crippen molar-refractivity contribution in [1.82, 2.24) is 0 Å². The van der Waals surface area contributed by atoms with Gasteiger partial charge in [-0.15, -0.1) is 0 Å². The van der Waals surface area contributed by atoms with E-state index in [1.807, 2.05) is 0 Å². The Labute approximate surface area is 172 Å². The van der Waals surface area contributed by atoms with Crippen molar-refractivity contribution in [3.05, 3.63) is 71.7 Å². The molecule has 1 fully saturated rings. The SMILES string of the molecule is CC1(C)OB(/C(=C/c2ccccc2)CC[Si](C)(C)c2ccccc2)OC1(C)C. The molecule has 0 bridgehead atoms. The van der Waals surface area contributed by atoms with E-state index >= 15 is 0 Å². The summed E-state index contributed by atoms with van der Waals surface area (Å²) in [7, 11) is -1.82. The Morgan fingerprint density at radius 2 is 1.36 bits per heavy atom. The maximum Gasteiger partial charge on any atom is 0.490 e. The summed E-state index contributed by atoms with van der Waals surface area (Å²) in [4.78, 5) is 0. The zero-order valence-electron chi connectivity index (χ0n) is 18.2. The van der Waals surface area contributed by atoms with E-state index in [1.165, 1.54) is 22.3 Å². The van der Waals surface area contributed by atoms with Crippen LogP contribution in [0.15, 0.2) is 66.1 Å². The van der Waals surface area contributed by atoms with Crippen molar-refractivity contribution in [1.29, 1.82) is 0 Å². The van der Waals surface area contributed by atoms with Crippen molar-refractivity contribution < 1.29 is 9.31 Å². The zero-order chi connectivity index (χ0) is 20.4. The highest BCUT2D eigenvalue weighted by atomic mass is 28.3. The average Bonchev–Trinajstić information content (AvgIpc) is 2.87. The molecule has 0 spiro atoms. The molecule has 2 aromatic rings. The molecule has 2 aromatic carbocycles. The van der Waals surface area contributed by atoms with E-state index in [0.29, 0.717) is 0 Å². The van der Waals surface area contributed by atoms with Gasteiger partial charge in [0.2, 0.25) is 0 Å². The number of benzene rings is 2. The lowest BCUT2D eigenvalue weighted by atomic mass is 9.75. The topological polar surface area (TPSA) is 18.5 Å². The van der Waals surface area contributed by atoms with Gasteiger partial charge >= 0.3 is 7.12 Å². The van der Waals surface area contributed by atoms with E-state index in [2.05, 4.69) is 108 Å². The van der Waals surface area contributed by atoms with Crippen LogP contribution in [0, 0.1) is 0 Å². The van der Waals surface area contributed by atoms with Crippen LogP contribution < -0.4 is 5.19 Å². The van der Waals surface area contributed by atoms with Crippen LogP contribution in [0.3, 0.4) is 0 Å². The van der Waals surface area contributed by atoms with Crippen molar-refractivity contribution in [2.75, 3.05) is 0 Å². The molecule has 3 rings (SSSR count). The molecule has 0 unspecified atom stereocenters. The molecule has 1 heterocycles. The van der Waals surface area contributed by atoms with Gasteiger partial charge in [-0.05, 0) is 45.2 Å². The van der Waals surface area contributed by atoms with Gasteiger partial charge in [0, 0.05) is 0 Å². The average molecular weight is 392 g/mol. The standard InChI is InChI=1S/C24H33BO2Si/c1-23(2)24(3,4)27-25(26-23)21(19-20-13-9-7-10-14-20)17-18-28(5,6)22-15-11-8-12-16-22/h7-16,19H,17-18H2,1-6H3/b21-19+. The van der Waals surface area contributed by atoms with E-state index in [1.54, 1.807) is 0 Å². The van der Waals surface area contributed by atoms with Crippen LogP contribution in [-0.2, 0) is 9.31 Å². The van der Waals surface area contributed by atoms with Crippen molar-refractivity contribution in [2.45, 2.75) is 64.5 Å². The molecule has 0 aliphatic carbocycles. The molecule has 4 heteroatoms. The Bertz CT molecular complexity index is 797. The van der Waals surface area contributed by atoms with E-state index in [0.717, 1.165) is 6.42 Å². The smallest absolute Gasteiger partial charge is 0.400 e. The third-order valence-electron chi connectivity index (χ3n) is 6.30. The monoisotopic (exact) mass is 392 g/mol. The van der Waals surface area contributed by atoms with Crippen molar-refractivity contribution >= 4 is 26.5 Å². The Hall–Kier alpha value is -1.62. The Morgan fingerprint density at radius 1 is 0.857 bits per heavy atom. The minimum atomic E-state index is -1.53. The van der Waals surface area contributed by atoms with Gasteiger partial charge < -0.3 is 9.31 Å². The van der Waals surface area contributed by atoms with Gasteiger partial charge in [0.25, 0.3) is 0 Å². The van der Waals surface area contributed by atoms with Gasteiger partial charge in [-0.1, -0.05) is 91.1 Å². The van der Waals surface area contributed by atoms with Gasteiger partial charge in [-0.25, -0.2) is 0 Å². The van der Waals surface area contributed by atoms with Crippen LogP contribution in [0.2, 0.25) is 19.1 Å². The molecule has 0 amide bonds. The molecular weight excluding hydrogens is 359 g/mol. The Morgan fingerprint density at radius 3 is 1.89 bits per heavy atom. The maximum absolute atomic E-state index is 6.39. The predicted molar refractivity (Wildman–Crippen MR) is 123 cm³/mol.